The molecule has 1 saturated heterocycles. The lowest BCUT2D eigenvalue weighted by Gasteiger charge is -2.17. The summed E-state index contributed by atoms with van der Waals surface area (Å²) in [5.74, 6) is 2.02. The summed E-state index contributed by atoms with van der Waals surface area (Å²) in [5, 5.41) is 9.02. The molecule has 0 saturated carbocycles. The first-order chi connectivity index (χ1) is 9.11. The maximum atomic E-state index is 11.0. The zero-order chi connectivity index (χ0) is 13.8. The number of hydrogen-bond donors (Lipinski definition) is 1. The number of thioether (sulfide) groups is 1. The Balaban J connectivity index is 2.18. The molecule has 0 aromatic heterocycles. The molecular formula is C14H18O4S. The second-order valence-electron chi connectivity index (χ2n) is 4.57. The van der Waals surface area contributed by atoms with Crippen molar-refractivity contribution < 1.29 is 19.4 Å². The third-order valence-electron chi connectivity index (χ3n) is 3.24. The molecule has 1 heterocycles. The third kappa shape index (κ3) is 3.35. The highest BCUT2D eigenvalue weighted by atomic mass is 32.2. The van der Waals surface area contributed by atoms with Crippen molar-refractivity contribution in [1.82, 2.24) is 0 Å². The number of aliphatic carboxylic acids is 1. The first-order valence-corrected chi connectivity index (χ1v) is 7.42. The van der Waals surface area contributed by atoms with Crippen molar-refractivity contribution in [1.29, 1.82) is 0 Å². The number of hydrogen-bond acceptors (Lipinski definition) is 4. The molecule has 0 amide bonds. The Kier molecular flexibility index (Phi) is 4.58. The molecule has 0 spiro atoms. The van der Waals surface area contributed by atoms with Crippen LogP contribution in [0.5, 0.6) is 11.5 Å². The van der Waals surface area contributed by atoms with Gasteiger partial charge >= 0.3 is 5.97 Å². The fraction of sp³-hybridized carbons (Fsp3) is 0.500. The van der Waals surface area contributed by atoms with Crippen molar-refractivity contribution in [2.75, 3.05) is 18.6 Å². The first-order valence-electron chi connectivity index (χ1n) is 6.27. The Hall–Kier alpha value is -1.36. The molecule has 1 aliphatic rings. The summed E-state index contributed by atoms with van der Waals surface area (Å²) in [6, 6.07) is 5.34. The summed E-state index contributed by atoms with van der Waals surface area (Å²) in [7, 11) is 1.57. The van der Waals surface area contributed by atoms with Gasteiger partial charge in [-0.3, -0.25) is 4.79 Å². The van der Waals surface area contributed by atoms with Gasteiger partial charge in [-0.15, -0.1) is 0 Å². The molecule has 0 bridgehead atoms. The Bertz CT molecular complexity index is 455. The van der Waals surface area contributed by atoms with Crippen molar-refractivity contribution >= 4 is 17.7 Å². The predicted octanol–water partition coefficient (Wildman–Crippen LogP) is 2.77. The van der Waals surface area contributed by atoms with E-state index in [0.717, 1.165) is 23.5 Å². The van der Waals surface area contributed by atoms with Crippen LogP contribution >= 0.6 is 11.8 Å². The van der Waals surface area contributed by atoms with E-state index < -0.39 is 11.9 Å². The van der Waals surface area contributed by atoms with Crippen LogP contribution in [0.2, 0.25) is 0 Å². The highest BCUT2D eigenvalue weighted by Crippen LogP contribution is 2.33. The second kappa shape index (κ2) is 6.19. The smallest absolute Gasteiger partial charge is 0.310 e. The normalized spacial score (nSPS) is 20.0. The topological polar surface area (TPSA) is 55.8 Å². The lowest BCUT2D eigenvalue weighted by atomic mass is 10.0. The van der Waals surface area contributed by atoms with Gasteiger partial charge < -0.3 is 14.6 Å². The van der Waals surface area contributed by atoms with Crippen LogP contribution in [0.15, 0.2) is 18.2 Å². The zero-order valence-electron chi connectivity index (χ0n) is 11.1. The van der Waals surface area contributed by atoms with Crippen molar-refractivity contribution in [3.05, 3.63) is 23.8 Å². The van der Waals surface area contributed by atoms with Crippen molar-refractivity contribution in [2.45, 2.75) is 25.4 Å². The minimum Gasteiger partial charge on any atom is -0.493 e. The van der Waals surface area contributed by atoms with Gasteiger partial charge in [0.15, 0.2) is 11.5 Å². The highest BCUT2D eigenvalue weighted by Gasteiger charge is 2.20. The Labute approximate surface area is 117 Å². The van der Waals surface area contributed by atoms with E-state index in [-0.39, 0.29) is 6.10 Å². The number of carboxylic acid groups (broad SMARTS) is 1. The van der Waals surface area contributed by atoms with Crippen LogP contribution in [0.1, 0.15) is 24.8 Å². The quantitative estimate of drug-likeness (QED) is 0.900. The van der Waals surface area contributed by atoms with E-state index in [1.807, 2.05) is 11.8 Å². The van der Waals surface area contributed by atoms with Crippen LogP contribution in [0, 0.1) is 0 Å². The average molecular weight is 282 g/mol. The molecule has 1 fully saturated rings. The predicted molar refractivity (Wildman–Crippen MR) is 75.4 cm³/mol. The summed E-state index contributed by atoms with van der Waals surface area (Å²) in [4.78, 5) is 11.0. The van der Waals surface area contributed by atoms with Crippen LogP contribution in [-0.4, -0.2) is 35.8 Å². The Morgan fingerprint density at radius 1 is 1.47 bits per heavy atom. The lowest BCUT2D eigenvalue weighted by Crippen LogP contribution is -2.15. The fourth-order valence-electron chi connectivity index (χ4n) is 1.98. The van der Waals surface area contributed by atoms with Gasteiger partial charge in [-0.1, -0.05) is 6.07 Å². The summed E-state index contributed by atoms with van der Waals surface area (Å²) in [5.41, 5.74) is 0.720. The number of carboxylic acids is 1. The molecule has 2 atom stereocenters. The van der Waals surface area contributed by atoms with Gasteiger partial charge in [-0.2, -0.15) is 11.8 Å². The van der Waals surface area contributed by atoms with E-state index in [4.69, 9.17) is 14.6 Å². The fourth-order valence-corrected chi connectivity index (χ4v) is 3.07. The van der Waals surface area contributed by atoms with E-state index in [1.165, 1.54) is 0 Å². The van der Waals surface area contributed by atoms with Crippen molar-refractivity contribution in [3.8, 4) is 11.5 Å². The molecule has 0 aliphatic carbocycles. The molecule has 1 aliphatic heterocycles. The number of rotatable bonds is 5. The van der Waals surface area contributed by atoms with Gasteiger partial charge in [-0.05, 0) is 36.8 Å². The first kappa shape index (κ1) is 14.1. The highest BCUT2D eigenvalue weighted by molar-refractivity contribution is 7.99. The lowest BCUT2D eigenvalue weighted by molar-refractivity contribution is -0.138. The summed E-state index contributed by atoms with van der Waals surface area (Å²) >= 11 is 1.88. The van der Waals surface area contributed by atoms with Crippen LogP contribution in [0.25, 0.3) is 0 Å². The Morgan fingerprint density at radius 3 is 2.84 bits per heavy atom. The van der Waals surface area contributed by atoms with E-state index in [1.54, 1.807) is 32.2 Å². The average Bonchev–Trinajstić information content (AvgIpc) is 2.91. The monoisotopic (exact) mass is 282 g/mol. The minimum absolute atomic E-state index is 0.224. The van der Waals surface area contributed by atoms with Crippen LogP contribution in [0.3, 0.4) is 0 Å². The molecule has 4 nitrogen and oxygen atoms in total. The second-order valence-corrected chi connectivity index (χ2v) is 5.72. The van der Waals surface area contributed by atoms with Crippen LogP contribution < -0.4 is 9.47 Å². The molecule has 1 N–H and O–H groups in total. The molecule has 2 unspecified atom stereocenters. The number of ether oxygens (including phenoxy) is 2. The number of methoxy groups -OCH3 is 1. The summed E-state index contributed by atoms with van der Waals surface area (Å²) < 4.78 is 11.2. The van der Waals surface area contributed by atoms with Gasteiger partial charge in [0.05, 0.1) is 13.0 Å². The van der Waals surface area contributed by atoms with Gasteiger partial charge in [-0.25, -0.2) is 0 Å². The van der Waals surface area contributed by atoms with Crippen molar-refractivity contribution in [2.24, 2.45) is 0 Å². The summed E-state index contributed by atoms with van der Waals surface area (Å²) in [6.45, 7) is 1.66. The van der Waals surface area contributed by atoms with Crippen LogP contribution in [0.4, 0.5) is 0 Å². The number of carbonyl (C=O) groups is 1. The summed E-state index contributed by atoms with van der Waals surface area (Å²) in [6.07, 6.45) is 1.27. The number of benzene rings is 1. The maximum Gasteiger partial charge on any atom is 0.310 e. The zero-order valence-corrected chi connectivity index (χ0v) is 11.9. The molecule has 1 aromatic rings. The third-order valence-corrected chi connectivity index (χ3v) is 4.37. The largest absolute Gasteiger partial charge is 0.493 e. The van der Waals surface area contributed by atoms with E-state index in [2.05, 4.69) is 0 Å². The molecule has 1 aromatic carbocycles. The molecule has 5 heteroatoms. The molecule has 0 radical (unpaired) electrons. The van der Waals surface area contributed by atoms with Gasteiger partial charge in [0.2, 0.25) is 0 Å². The van der Waals surface area contributed by atoms with Crippen LogP contribution in [-0.2, 0) is 4.79 Å². The molecule has 2 rings (SSSR count). The molecule has 104 valence electrons. The maximum absolute atomic E-state index is 11.0. The van der Waals surface area contributed by atoms with Gasteiger partial charge in [0, 0.05) is 5.75 Å². The SMILES string of the molecule is COc1cc(C(C)C(=O)O)ccc1OC1CCSC1. The van der Waals surface area contributed by atoms with E-state index >= 15 is 0 Å². The van der Waals surface area contributed by atoms with Gasteiger partial charge in [0.1, 0.15) is 6.10 Å². The van der Waals surface area contributed by atoms with Gasteiger partial charge in [0.25, 0.3) is 0 Å². The van der Waals surface area contributed by atoms with Crippen molar-refractivity contribution in [3.63, 3.8) is 0 Å². The van der Waals surface area contributed by atoms with E-state index in [9.17, 15) is 4.79 Å². The Morgan fingerprint density at radius 2 is 2.26 bits per heavy atom. The molecule has 19 heavy (non-hydrogen) atoms. The standard InChI is InChI=1S/C14H18O4S/c1-9(14(15)16)10-3-4-12(13(7-10)17-2)18-11-5-6-19-8-11/h3-4,7,9,11H,5-6,8H2,1-2H3,(H,15,16). The minimum atomic E-state index is -0.845. The molecular weight excluding hydrogens is 264 g/mol. The van der Waals surface area contributed by atoms with E-state index in [0.29, 0.717) is 11.5 Å².